The first-order valence-corrected chi connectivity index (χ1v) is 7.16. The van der Waals surface area contributed by atoms with Crippen molar-refractivity contribution < 1.29 is 0 Å². The van der Waals surface area contributed by atoms with Gasteiger partial charge in [-0.25, -0.2) is 14.6 Å². The fraction of sp³-hybridized carbons (Fsp3) is 0.545. The van der Waals surface area contributed by atoms with Gasteiger partial charge >= 0.3 is 0 Å². The highest BCUT2D eigenvalue weighted by atomic mass is 32.2. The molecule has 0 radical (unpaired) electrons. The normalized spacial score (nSPS) is 14.8. The summed E-state index contributed by atoms with van der Waals surface area (Å²) in [6.45, 7) is 3.80. The Bertz CT molecular complexity index is 534. The minimum absolute atomic E-state index is 0.463. The minimum atomic E-state index is 0.463. The van der Waals surface area contributed by atoms with Crippen LogP contribution < -0.4 is 5.32 Å². The molecule has 3 rings (SSSR count). The largest absolute Gasteiger partial charge is 0.313 e. The van der Waals surface area contributed by atoms with Crippen LogP contribution in [0.5, 0.6) is 0 Å². The summed E-state index contributed by atoms with van der Waals surface area (Å²) in [5, 5.41) is 16.4. The molecule has 0 amide bonds. The number of aromatic nitrogens is 6. The Hall–Kier alpha value is -1.54. The van der Waals surface area contributed by atoms with E-state index in [2.05, 4.69) is 37.7 Å². The van der Waals surface area contributed by atoms with Gasteiger partial charge in [0.05, 0.1) is 6.04 Å². The highest BCUT2D eigenvalue weighted by Gasteiger charge is 2.28. The molecule has 1 saturated carbocycles. The molecule has 8 heteroatoms. The van der Waals surface area contributed by atoms with Crippen LogP contribution in [0.3, 0.4) is 0 Å². The third-order valence-electron chi connectivity index (χ3n) is 2.80. The Morgan fingerprint density at radius 1 is 1.37 bits per heavy atom. The summed E-state index contributed by atoms with van der Waals surface area (Å²) >= 11 is 1.41. The van der Waals surface area contributed by atoms with E-state index in [1.807, 2.05) is 17.1 Å². The molecule has 2 heterocycles. The molecule has 0 aliphatic heterocycles. The van der Waals surface area contributed by atoms with Gasteiger partial charge < -0.3 is 5.32 Å². The molecule has 0 spiro atoms. The first-order chi connectivity index (χ1) is 9.36. The fourth-order valence-corrected chi connectivity index (χ4v) is 2.37. The topological polar surface area (TPSA) is 81.4 Å². The monoisotopic (exact) mass is 277 g/mol. The summed E-state index contributed by atoms with van der Waals surface area (Å²) in [6.07, 6.45) is 5.98. The van der Waals surface area contributed by atoms with E-state index in [0.717, 1.165) is 36.7 Å². The van der Waals surface area contributed by atoms with Crippen molar-refractivity contribution in [3.8, 4) is 0 Å². The van der Waals surface area contributed by atoms with E-state index in [9.17, 15) is 0 Å². The van der Waals surface area contributed by atoms with Crippen LogP contribution in [0, 0.1) is 0 Å². The number of hydrogen-bond donors (Lipinski definition) is 1. The van der Waals surface area contributed by atoms with E-state index in [0.29, 0.717) is 11.2 Å². The lowest BCUT2D eigenvalue weighted by atomic mass is 10.3. The number of tetrazole rings is 1. The number of nitrogens with one attached hydrogen (secondary N) is 1. The van der Waals surface area contributed by atoms with Gasteiger partial charge in [-0.15, -0.1) is 5.10 Å². The molecule has 1 N–H and O–H groups in total. The predicted molar refractivity (Wildman–Crippen MR) is 69.6 cm³/mol. The van der Waals surface area contributed by atoms with Gasteiger partial charge in [0.25, 0.3) is 0 Å². The van der Waals surface area contributed by atoms with Crippen molar-refractivity contribution in [2.45, 2.75) is 42.7 Å². The Morgan fingerprint density at radius 3 is 2.84 bits per heavy atom. The second-order valence-electron chi connectivity index (χ2n) is 4.39. The van der Waals surface area contributed by atoms with Gasteiger partial charge in [0.15, 0.2) is 5.16 Å². The van der Waals surface area contributed by atoms with E-state index in [4.69, 9.17) is 0 Å². The zero-order valence-electron chi connectivity index (χ0n) is 10.7. The smallest absolute Gasteiger partial charge is 0.217 e. The maximum atomic E-state index is 4.33. The summed E-state index contributed by atoms with van der Waals surface area (Å²) < 4.78 is 1.86. The molecule has 0 atom stereocenters. The minimum Gasteiger partial charge on any atom is -0.313 e. The van der Waals surface area contributed by atoms with Crippen molar-refractivity contribution in [3.63, 3.8) is 0 Å². The van der Waals surface area contributed by atoms with Crippen LogP contribution in [0.25, 0.3) is 0 Å². The lowest BCUT2D eigenvalue weighted by Gasteiger charge is -2.03. The number of hydrogen-bond acceptors (Lipinski definition) is 7. The summed E-state index contributed by atoms with van der Waals surface area (Å²) in [7, 11) is 0. The molecule has 2 aromatic heterocycles. The van der Waals surface area contributed by atoms with Crippen molar-refractivity contribution in [1.82, 2.24) is 35.5 Å². The van der Waals surface area contributed by atoms with Crippen LogP contribution in [0.4, 0.5) is 0 Å². The highest BCUT2D eigenvalue weighted by molar-refractivity contribution is 7.99. The molecule has 7 nitrogen and oxygen atoms in total. The Morgan fingerprint density at radius 2 is 2.16 bits per heavy atom. The Kier molecular flexibility index (Phi) is 3.69. The van der Waals surface area contributed by atoms with Gasteiger partial charge in [-0.05, 0) is 41.6 Å². The first kappa shape index (κ1) is 12.5. The average molecular weight is 277 g/mol. The van der Waals surface area contributed by atoms with Crippen molar-refractivity contribution in [1.29, 1.82) is 0 Å². The van der Waals surface area contributed by atoms with Gasteiger partial charge in [-0.3, -0.25) is 0 Å². The van der Waals surface area contributed by atoms with E-state index in [1.165, 1.54) is 11.8 Å². The molecule has 0 saturated heterocycles. The van der Waals surface area contributed by atoms with E-state index < -0.39 is 0 Å². The molecule has 1 aliphatic rings. The highest BCUT2D eigenvalue weighted by Crippen LogP contribution is 2.37. The van der Waals surface area contributed by atoms with E-state index in [1.54, 1.807) is 0 Å². The van der Waals surface area contributed by atoms with Crippen LogP contribution in [0.15, 0.2) is 22.7 Å². The molecular weight excluding hydrogens is 262 g/mol. The molecule has 0 bridgehead atoms. The first-order valence-electron chi connectivity index (χ1n) is 6.34. The van der Waals surface area contributed by atoms with Gasteiger partial charge in [-0.1, -0.05) is 6.92 Å². The van der Waals surface area contributed by atoms with Gasteiger partial charge in [0.2, 0.25) is 5.16 Å². The number of rotatable bonds is 6. The zero-order valence-corrected chi connectivity index (χ0v) is 11.5. The fourth-order valence-electron chi connectivity index (χ4n) is 1.64. The maximum Gasteiger partial charge on any atom is 0.217 e. The summed E-state index contributed by atoms with van der Waals surface area (Å²) in [5.41, 5.74) is 1.08. The second kappa shape index (κ2) is 5.62. The third-order valence-corrected chi connectivity index (χ3v) is 3.64. The molecule has 1 aliphatic carbocycles. The SMILES string of the molecule is CCNCc1cnc(Sc2nnnn2C2CC2)nc1. The lowest BCUT2D eigenvalue weighted by Crippen LogP contribution is -2.12. The predicted octanol–water partition coefficient (Wildman–Crippen LogP) is 1.06. The molecule has 2 aromatic rings. The maximum absolute atomic E-state index is 4.33. The molecular formula is C11H15N7S. The van der Waals surface area contributed by atoms with Gasteiger partial charge in [0, 0.05) is 24.5 Å². The molecule has 0 aromatic carbocycles. The van der Waals surface area contributed by atoms with E-state index in [-0.39, 0.29) is 0 Å². The van der Waals surface area contributed by atoms with Gasteiger partial charge in [0.1, 0.15) is 0 Å². The Labute approximate surface area is 115 Å². The second-order valence-corrected chi connectivity index (χ2v) is 5.33. The van der Waals surface area contributed by atoms with Crippen molar-refractivity contribution in [3.05, 3.63) is 18.0 Å². The zero-order chi connectivity index (χ0) is 13.1. The van der Waals surface area contributed by atoms with Gasteiger partial charge in [-0.2, -0.15) is 0 Å². The molecule has 19 heavy (non-hydrogen) atoms. The third kappa shape index (κ3) is 3.07. The lowest BCUT2D eigenvalue weighted by molar-refractivity contribution is 0.565. The van der Waals surface area contributed by atoms with Crippen LogP contribution in [0.2, 0.25) is 0 Å². The van der Waals surface area contributed by atoms with Crippen LogP contribution in [-0.2, 0) is 6.54 Å². The molecule has 100 valence electrons. The quantitative estimate of drug-likeness (QED) is 0.790. The summed E-state index contributed by atoms with van der Waals surface area (Å²) in [5.74, 6) is 0. The Balaban J connectivity index is 1.67. The van der Waals surface area contributed by atoms with E-state index >= 15 is 0 Å². The molecule has 1 fully saturated rings. The number of nitrogens with zero attached hydrogens (tertiary/aromatic N) is 6. The average Bonchev–Trinajstić information content (AvgIpc) is 3.19. The van der Waals surface area contributed by atoms with Crippen LogP contribution in [0.1, 0.15) is 31.4 Å². The molecule has 0 unspecified atom stereocenters. The standard InChI is InChI=1S/C11H15N7S/c1-2-12-5-8-6-13-10(14-7-8)19-11-15-16-17-18(11)9-3-4-9/h6-7,9,12H,2-5H2,1H3. The van der Waals surface area contributed by atoms with Crippen molar-refractivity contribution in [2.75, 3.05) is 6.54 Å². The van der Waals surface area contributed by atoms with Crippen molar-refractivity contribution in [2.24, 2.45) is 0 Å². The van der Waals surface area contributed by atoms with Crippen LogP contribution >= 0.6 is 11.8 Å². The summed E-state index contributed by atoms with van der Waals surface area (Å²) in [6, 6.07) is 0.463. The van der Waals surface area contributed by atoms with Crippen molar-refractivity contribution >= 4 is 11.8 Å². The van der Waals surface area contributed by atoms with Crippen LogP contribution in [-0.4, -0.2) is 36.7 Å². The summed E-state index contributed by atoms with van der Waals surface area (Å²) in [4.78, 5) is 8.66.